The van der Waals surface area contributed by atoms with E-state index in [-0.39, 0.29) is 6.03 Å². The molecular formula is C9H19N3O. The van der Waals surface area contributed by atoms with E-state index < -0.39 is 0 Å². The number of likely N-dealkylation sites (tertiary alicyclic amines) is 1. The van der Waals surface area contributed by atoms with Gasteiger partial charge in [-0.05, 0) is 25.3 Å². The van der Waals surface area contributed by atoms with E-state index in [1.54, 1.807) is 0 Å². The molecule has 0 aromatic carbocycles. The highest BCUT2D eigenvalue weighted by Crippen LogP contribution is 2.14. The van der Waals surface area contributed by atoms with E-state index in [0.29, 0.717) is 12.5 Å². The van der Waals surface area contributed by atoms with Crippen molar-refractivity contribution in [3.8, 4) is 0 Å². The van der Waals surface area contributed by atoms with Crippen LogP contribution >= 0.6 is 0 Å². The number of rotatable bonds is 3. The summed E-state index contributed by atoms with van der Waals surface area (Å²) in [5, 5.41) is 2.87. The van der Waals surface area contributed by atoms with Crippen LogP contribution in [0, 0.1) is 5.92 Å². The van der Waals surface area contributed by atoms with Crippen LogP contribution in [0.5, 0.6) is 0 Å². The standard InChI is InChI=1S/C9H19N3O/c1-2-4-11-9(13)12-5-3-8(6-10)7-12/h8H,2-7,10H2,1H3,(H,11,13). The number of amides is 2. The summed E-state index contributed by atoms with van der Waals surface area (Å²) in [5.74, 6) is 0.507. The Kier molecular flexibility index (Phi) is 4.02. The number of nitrogens with two attached hydrogens (primary N) is 1. The van der Waals surface area contributed by atoms with Crippen LogP contribution in [0.25, 0.3) is 0 Å². The van der Waals surface area contributed by atoms with Crippen LogP contribution in [0.1, 0.15) is 19.8 Å². The van der Waals surface area contributed by atoms with Gasteiger partial charge in [0.05, 0.1) is 0 Å². The molecule has 4 heteroatoms. The van der Waals surface area contributed by atoms with Gasteiger partial charge in [0.15, 0.2) is 0 Å². The third-order valence-electron chi connectivity index (χ3n) is 2.43. The van der Waals surface area contributed by atoms with E-state index in [2.05, 4.69) is 5.32 Å². The lowest BCUT2D eigenvalue weighted by Crippen LogP contribution is -2.39. The van der Waals surface area contributed by atoms with Crippen molar-refractivity contribution in [3.63, 3.8) is 0 Å². The van der Waals surface area contributed by atoms with Crippen molar-refractivity contribution in [2.45, 2.75) is 19.8 Å². The number of carbonyl (C=O) groups excluding carboxylic acids is 1. The van der Waals surface area contributed by atoms with E-state index >= 15 is 0 Å². The Morgan fingerprint density at radius 2 is 2.46 bits per heavy atom. The van der Waals surface area contributed by atoms with Gasteiger partial charge in [0, 0.05) is 19.6 Å². The zero-order valence-electron chi connectivity index (χ0n) is 8.25. The topological polar surface area (TPSA) is 58.4 Å². The Morgan fingerprint density at radius 3 is 3.00 bits per heavy atom. The molecule has 0 saturated carbocycles. The van der Waals surface area contributed by atoms with Gasteiger partial charge in [-0.25, -0.2) is 4.79 Å². The molecule has 1 atom stereocenters. The average Bonchev–Trinajstić information content (AvgIpc) is 2.62. The first-order valence-electron chi connectivity index (χ1n) is 5.00. The lowest BCUT2D eigenvalue weighted by Gasteiger charge is -2.16. The summed E-state index contributed by atoms with van der Waals surface area (Å²) in [6.07, 6.45) is 2.04. The van der Waals surface area contributed by atoms with Crippen LogP contribution in [-0.4, -0.2) is 37.1 Å². The Bertz CT molecular complexity index is 172. The van der Waals surface area contributed by atoms with Gasteiger partial charge in [0.1, 0.15) is 0 Å². The molecular weight excluding hydrogens is 166 g/mol. The second-order valence-corrected chi connectivity index (χ2v) is 3.57. The van der Waals surface area contributed by atoms with Crippen molar-refractivity contribution in [2.24, 2.45) is 11.7 Å². The predicted octanol–water partition coefficient (Wildman–Crippen LogP) is 0.387. The number of nitrogens with zero attached hydrogens (tertiary/aromatic N) is 1. The zero-order valence-corrected chi connectivity index (χ0v) is 8.25. The molecule has 1 fully saturated rings. The smallest absolute Gasteiger partial charge is 0.317 e. The normalized spacial score (nSPS) is 22.0. The fourth-order valence-corrected chi connectivity index (χ4v) is 1.55. The number of carbonyl (C=O) groups is 1. The lowest BCUT2D eigenvalue weighted by atomic mass is 10.1. The first-order chi connectivity index (χ1) is 6.27. The second-order valence-electron chi connectivity index (χ2n) is 3.57. The summed E-state index contributed by atoms with van der Waals surface area (Å²) >= 11 is 0. The average molecular weight is 185 g/mol. The minimum absolute atomic E-state index is 0.0674. The molecule has 0 aliphatic carbocycles. The second kappa shape index (κ2) is 5.07. The molecule has 1 saturated heterocycles. The maximum absolute atomic E-state index is 11.4. The van der Waals surface area contributed by atoms with Crippen LogP contribution in [0.3, 0.4) is 0 Å². The fraction of sp³-hybridized carbons (Fsp3) is 0.889. The van der Waals surface area contributed by atoms with Gasteiger partial charge >= 0.3 is 6.03 Å². The summed E-state index contributed by atoms with van der Waals surface area (Å²) in [7, 11) is 0. The van der Waals surface area contributed by atoms with E-state index in [0.717, 1.165) is 32.5 Å². The van der Waals surface area contributed by atoms with Crippen molar-refractivity contribution in [2.75, 3.05) is 26.2 Å². The van der Waals surface area contributed by atoms with Crippen molar-refractivity contribution in [1.29, 1.82) is 0 Å². The van der Waals surface area contributed by atoms with Gasteiger partial charge in [0.25, 0.3) is 0 Å². The number of hydrogen-bond donors (Lipinski definition) is 2. The molecule has 1 unspecified atom stereocenters. The molecule has 1 heterocycles. The van der Waals surface area contributed by atoms with Gasteiger partial charge in [-0.2, -0.15) is 0 Å². The third kappa shape index (κ3) is 2.88. The first-order valence-corrected chi connectivity index (χ1v) is 5.00. The number of urea groups is 1. The summed E-state index contributed by atoms with van der Waals surface area (Å²) in [6.45, 7) is 5.19. The van der Waals surface area contributed by atoms with E-state index in [9.17, 15) is 4.79 Å². The monoisotopic (exact) mass is 185 g/mol. The quantitative estimate of drug-likeness (QED) is 0.668. The third-order valence-corrected chi connectivity index (χ3v) is 2.43. The highest BCUT2D eigenvalue weighted by molar-refractivity contribution is 5.74. The molecule has 0 spiro atoms. The Hall–Kier alpha value is -0.770. The molecule has 0 aromatic heterocycles. The molecule has 0 radical (unpaired) electrons. The molecule has 13 heavy (non-hydrogen) atoms. The molecule has 4 nitrogen and oxygen atoms in total. The highest BCUT2D eigenvalue weighted by atomic mass is 16.2. The predicted molar refractivity (Wildman–Crippen MR) is 52.4 cm³/mol. The molecule has 1 rings (SSSR count). The van der Waals surface area contributed by atoms with Gasteiger partial charge < -0.3 is 16.0 Å². The largest absolute Gasteiger partial charge is 0.338 e. The zero-order chi connectivity index (χ0) is 9.68. The summed E-state index contributed by atoms with van der Waals surface area (Å²) in [5.41, 5.74) is 5.54. The molecule has 0 bridgehead atoms. The lowest BCUT2D eigenvalue weighted by molar-refractivity contribution is 0.207. The van der Waals surface area contributed by atoms with Gasteiger partial charge in [-0.15, -0.1) is 0 Å². The maximum Gasteiger partial charge on any atom is 0.317 e. The molecule has 76 valence electrons. The molecule has 2 amide bonds. The fourth-order valence-electron chi connectivity index (χ4n) is 1.55. The van der Waals surface area contributed by atoms with Crippen molar-refractivity contribution in [1.82, 2.24) is 10.2 Å². The van der Waals surface area contributed by atoms with Gasteiger partial charge in [-0.1, -0.05) is 6.92 Å². The van der Waals surface area contributed by atoms with Crippen molar-refractivity contribution in [3.05, 3.63) is 0 Å². The van der Waals surface area contributed by atoms with E-state index in [4.69, 9.17) is 5.73 Å². The SMILES string of the molecule is CCCNC(=O)N1CCC(CN)C1. The first kappa shape index (κ1) is 10.3. The summed E-state index contributed by atoms with van der Waals surface area (Å²) in [6, 6.07) is 0.0674. The summed E-state index contributed by atoms with van der Waals surface area (Å²) in [4.78, 5) is 13.3. The number of hydrogen-bond acceptors (Lipinski definition) is 2. The van der Waals surface area contributed by atoms with E-state index in [1.807, 2.05) is 11.8 Å². The summed E-state index contributed by atoms with van der Waals surface area (Å²) < 4.78 is 0. The Balaban J connectivity index is 2.25. The van der Waals surface area contributed by atoms with Gasteiger partial charge in [0.2, 0.25) is 0 Å². The maximum atomic E-state index is 11.4. The van der Waals surface area contributed by atoms with Crippen LogP contribution < -0.4 is 11.1 Å². The highest BCUT2D eigenvalue weighted by Gasteiger charge is 2.24. The molecule has 1 aliphatic rings. The van der Waals surface area contributed by atoms with Crippen molar-refractivity contribution >= 4 is 6.03 Å². The molecule has 1 aliphatic heterocycles. The van der Waals surface area contributed by atoms with E-state index in [1.165, 1.54) is 0 Å². The minimum atomic E-state index is 0.0674. The molecule has 0 aromatic rings. The van der Waals surface area contributed by atoms with Crippen LogP contribution in [0.2, 0.25) is 0 Å². The molecule has 3 N–H and O–H groups in total. The van der Waals surface area contributed by atoms with Gasteiger partial charge in [-0.3, -0.25) is 0 Å². The Labute approximate surface area is 79.5 Å². The minimum Gasteiger partial charge on any atom is -0.338 e. The number of nitrogens with one attached hydrogen (secondary N) is 1. The van der Waals surface area contributed by atoms with Crippen LogP contribution in [-0.2, 0) is 0 Å². The van der Waals surface area contributed by atoms with Crippen LogP contribution in [0.15, 0.2) is 0 Å². The Morgan fingerprint density at radius 1 is 1.69 bits per heavy atom. The van der Waals surface area contributed by atoms with Crippen LogP contribution in [0.4, 0.5) is 4.79 Å². The van der Waals surface area contributed by atoms with Crippen molar-refractivity contribution < 1.29 is 4.79 Å².